The standard InChI is InChI=1S/C33H36N4O4S/c1-3-29(31(39)34-19-23-12-10-22(2)11-13-23)42-33-36-28-9-5-4-8-27(28)32(40)37(33)21-24-14-16-25(17-15-24)30(38)35-20-26-7-6-18-41-26/h4-5,8-17,26,29H,3,6-7,18-21H2,1-2H3,(H,34,39)(H,35,38)/t26-,29-/m1/s1. The lowest BCUT2D eigenvalue weighted by molar-refractivity contribution is -0.120. The summed E-state index contributed by atoms with van der Waals surface area (Å²) in [6, 6.07) is 22.5. The first-order valence-corrected chi connectivity index (χ1v) is 15.3. The molecule has 2 amide bonds. The van der Waals surface area contributed by atoms with Gasteiger partial charge < -0.3 is 15.4 Å². The molecule has 1 aromatic heterocycles. The van der Waals surface area contributed by atoms with Crippen LogP contribution in [0.3, 0.4) is 0 Å². The van der Waals surface area contributed by atoms with Crippen molar-refractivity contribution >= 4 is 34.5 Å². The third-order valence-corrected chi connectivity index (χ3v) is 8.75. The smallest absolute Gasteiger partial charge is 0.262 e. The first-order chi connectivity index (χ1) is 20.4. The van der Waals surface area contributed by atoms with Gasteiger partial charge in [-0.15, -0.1) is 0 Å². The van der Waals surface area contributed by atoms with Crippen LogP contribution in [0.2, 0.25) is 0 Å². The summed E-state index contributed by atoms with van der Waals surface area (Å²) in [6.07, 6.45) is 2.63. The van der Waals surface area contributed by atoms with E-state index < -0.39 is 5.25 Å². The first kappa shape index (κ1) is 29.5. The molecule has 3 aromatic carbocycles. The highest BCUT2D eigenvalue weighted by atomic mass is 32.2. The number of nitrogens with zero attached hydrogens (tertiary/aromatic N) is 2. The molecule has 2 atom stereocenters. The Bertz CT molecular complexity index is 1600. The number of nitrogens with one attached hydrogen (secondary N) is 2. The van der Waals surface area contributed by atoms with Crippen LogP contribution in [0, 0.1) is 6.92 Å². The minimum atomic E-state index is -0.426. The molecule has 0 bridgehead atoms. The lowest BCUT2D eigenvalue weighted by Crippen LogP contribution is -2.33. The third-order valence-electron chi connectivity index (χ3n) is 7.40. The number of hydrogen-bond acceptors (Lipinski definition) is 6. The van der Waals surface area contributed by atoms with Crippen molar-refractivity contribution in [1.29, 1.82) is 0 Å². The second-order valence-corrected chi connectivity index (χ2v) is 11.7. The quantitative estimate of drug-likeness (QED) is 0.193. The van der Waals surface area contributed by atoms with E-state index in [-0.39, 0.29) is 30.0 Å². The Kier molecular flexibility index (Phi) is 9.71. The second-order valence-electron chi connectivity index (χ2n) is 10.6. The zero-order chi connectivity index (χ0) is 29.5. The fourth-order valence-corrected chi connectivity index (χ4v) is 5.93. The predicted octanol–water partition coefficient (Wildman–Crippen LogP) is 4.85. The van der Waals surface area contributed by atoms with E-state index in [0.717, 1.165) is 30.6 Å². The third kappa shape index (κ3) is 7.27. The average Bonchev–Trinajstić information content (AvgIpc) is 3.54. The van der Waals surface area contributed by atoms with Gasteiger partial charge in [-0.2, -0.15) is 0 Å². The zero-order valence-corrected chi connectivity index (χ0v) is 24.8. The molecule has 2 heterocycles. The molecule has 0 aliphatic carbocycles. The molecule has 0 saturated carbocycles. The highest BCUT2D eigenvalue weighted by Gasteiger charge is 2.22. The Balaban J connectivity index is 1.33. The predicted molar refractivity (Wildman–Crippen MR) is 166 cm³/mol. The molecule has 9 heteroatoms. The number of fused-ring (bicyclic) bond motifs is 1. The highest BCUT2D eigenvalue weighted by molar-refractivity contribution is 8.00. The van der Waals surface area contributed by atoms with Crippen LogP contribution in [0.25, 0.3) is 10.9 Å². The summed E-state index contributed by atoms with van der Waals surface area (Å²) in [4.78, 5) is 44.3. The number of ether oxygens (including phenoxy) is 1. The number of aryl methyl sites for hydroxylation is 1. The number of hydrogen-bond donors (Lipinski definition) is 2. The Morgan fingerprint density at radius 1 is 1.02 bits per heavy atom. The monoisotopic (exact) mass is 584 g/mol. The van der Waals surface area contributed by atoms with Crippen LogP contribution in [0.15, 0.2) is 82.7 Å². The van der Waals surface area contributed by atoms with Crippen molar-refractivity contribution in [1.82, 2.24) is 20.2 Å². The van der Waals surface area contributed by atoms with Gasteiger partial charge in [-0.25, -0.2) is 4.98 Å². The molecular formula is C33H36N4O4S. The molecule has 0 radical (unpaired) electrons. The summed E-state index contributed by atoms with van der Waals surface area (Å²) >= 11 is 1.30. The van der Waals surface area contributed by atoms with Gasteiger partial charge in [-0.3, -0.25) is 19.0 Å². The zero-order valence-electron chi connectivity index (χ0n) is 24.0. The van der Waals surface area contributed by atoms with Crippen LogP contribution in [0.4, 0.5) is 0 Å². The molecule has 4 aromatic rings. The summed E-state index contributed by atoms with van der Waals surface area (Å²) in [6.45, 7) is 5.92. The van der Waals surface area contributed by atoms with Crippen molar-refractivity contribution < 1.29 is 14.3 Å². The van der Waals surface area contributed by atoms with Gasteiger partial charge in [0.05, 0.1) is 28.8 Å². The van der Waals surface area contributed by atoms with Crippen LogP contribution >= 0.6 is 11.8 Å². The summed E-state index contributed by atoms with van der Waals surface area (Å²) in [7, 11) is 0. The van der Waals surface area contributed by atoms with Crippen LogP contribution in [0.5, 0.6) is 0 Å². The molecule has 2 N–H and O–H groups in total. The maximum atomic E-state index is 13.7. The van der Waals surface area contributed by atoms with Crippen LogP contribution < -0.4 is 16.2 Å². The lowest BCUT2D eigenvalue weighted by Gasteiger charge is -2.18. The number of aromatic nitrogens is 2. The number of carbonyl (C=O) groups excluding carboxylic acids is 2. The molecular weight excluding hydrogens is 548 g/mol. The summed E-state index contributed by atoms with van der Waals surface area (Å²) < 4.78 is 7.21. The normalized spacial score (nSPS) is 15.4. The largest absolute Gasteiger partial charge is 0.376 e. The summed E-state index contributed by atoms with van der Waals surface area (Å²) in [5.74, 6) is -0.254. The van der Waals surface area contributed by atoms with Crippen molar-refractivity contribution in [3.05, 3.63) is 105 Å². The van der Waals surface area contributed by atoms with Gasteiger partial charge in [0.2, 0.25) is 5.91 Å². The van der Waals surface area contributed by atoms with E-state index >= 15 is 0 Å². The van der Waals surface area contributed by atoms with E-state index in [1.807, 2.05) is 68.4 Å². The molecule has 1 aliphatic heterocycles. The molecule has 1 fully saturated rings. The number of benzene rings is 3. The van der Waals surface area contributed by atoms with Gasteiger partial charge in [0, 0.05) is 25.3 Å². The molecule has 1 saturated heterocycles. The number of carbonyl (C=O) groups is 2. The molecule has 1 aliphatic rings. The number of rotatable bonds is 11. The molecule has 5 rings (SSSR count). The minimum Gasteiger partial charge on any atom is -0.376 e. The Morgan fingerprint density at radius 2 is 1.76 bits per heavy atom. The van der Waals surface area contributed by atoms with Crippen molar-refractivity contribution in [2.24, 2.45) is 0 Å². The lowest BCUT2D eigenvalue weighted by atomic mass is 10.1. The summed E-state index contributed by atoms with van der Waals surface area (Å²) in [5.41, 5.74) is 4.01. The minimum absolute atomic E-state index is 0.0769. The van der Waals surface area contributed by atoms with Crippen molar-refractivity contribution in [3.63, 3.8) is 0 Å². The van der Waals surface area contributed by atoms with Crippen molar-refractivity contribution in [2.45, 2.75) is 62.7 Å². The maximum Gasteiger partial charge on any atom is 0.262 e. The molecule has 0 unspecified atom stereocenters. The fourth-order valence-electron chi connectivity index (χ4n) is 4.89. The van der Waals surface area contributed by atoms with E-state index in [9.17, 15) is 14.4 Å². The van der Waals surface area contributed by atoms with Crippen LogP contribution in [0.1, 0.15) is 53.2 Å². The van der Waals surface area contributed by atoms with Gasteiger partial charge in [0.25, 0.3) is 11.5 Å². The van der Waals surface area contributed by atoms with Crippen molar-refractivity contribution in [2.75, 3.05) is 13.2 Å². The Morgan fingerprint density at radius 3 is 2.48 bits per heavy atom. The van der Waals surface area contributed by atoms with Gasteiger partial charge in [0.1, 0.15) is 0 Å². The van der Waals surface area contributed by atoms with Crippen molar-refractivity contribution in [3.8, 4) is 0 Å². The SMILES string of the molecule is CC[C@@H](Sc1nc2ccccc2c(=O)n1Cc1ccc(C(=O)NC[C@H]2CCCO2)cc1)C(=O)NCc1ccc(C)cc1. The topological polar surface area (TPSA) is 102 Å². The first-order valence-electron chi connectivity index (χ1n) is 14.4. The van der Waals surface area contributed by atoms with Crippen LogP contribution in [-0.4, -0.2) is 45.9 Å². The highest BCUT2D eigenvalue weighted by Crippen LogP contribution is 2.26. The average molecular weight is 585 g/mol. The van der Waals surface area contributed by atoms with Gasteiger partial charge >= 0.3 is 0 Å². The van der Waals surface area contributed by atoms with E-state index in [1.54, 1.807) is 22.8 Å². The van der Waals surface area contributed by atoms with Gasteiger partial charge in [-0.05, 0) is 61.6 Å². The van der Waals surface area contributed by atoms with E-state index in [0.29, 0.717) is 41.1 Å². The van der Waals surface area contributed by atoms with E-state index in [4.69, 9.17) is 9.72 Å². The molecule has 42 heavy (non-hydrogen) atoms. The van der Waals surface area contributed by atoms with Gasteiger partial charge in [-0.1, -0.05) is 72.8 Å². The Labute approximate surface area is 249 Å². The van der Waals surface area contributed by atoms with Gasteiger partial charge in [0.15, 0.2) is 5.16 Å². The summed E-state index contributed by atoms with van der Waals surface area (Å²) in [5, 5.41) is 6.55. The number of para-hydroxylation sites is 1. The van der Waals surface area contributed by atoms with E-state index in [1.165, 1.54) is 17.3 Å². The number of amides is 2. The molecule has 0 spiro atoms. The molecule has 218 valence electrons. The number of thioether (sulfide) groups is 1. The Hall–Kier alpha value is -3.95. The molecule has 8 nitrogen and oxygen atoms in total. The fraction of sp³-hybridized carbons (Fsp3) is 0.333. The van der Waals surface area contributed by atoms with E-state index in [2.05, 4.69) is 10.6 Å². The maximum absolute atomic E-state index is 13.7. The second kappa shape index (κ2) is 13.8. The van der Waals surface area contributed by atoms with Crippen LogP contribution in [-0.2, 0) is 22.6 Å².